The third-order valence-electron chi connectivity index (χ3n) is 4.14. The Balaban J connectivity index is 2.86. The van der Waals surface area contributed by atoms with Crippen molar-refractivity contribution in [3.63, 3.8) is 0 Å². The van der Waals surface area contributed by atoms with Crippen LogP contribution in [-0.2, 0) is 9.53 Å². The first kappa shape index (κ1) is 15.5. The van der Waals surface area contributed by atoms with Crippen molar-refractivity contribution in [1.82, 2.24) is 0 Å². The maximum Gasteiger partial charge on any atom is 0.338 e. The first-order valence-electron chi connectivity index (χ1n) is 7.25. The van der Waals surface area contributed by atoms with Gasteiger partial charge in [-0.2, -0.15) is 0 Å². The summed E-state index contributed by atoms with van der Waals surface area (Å²) in [4.78, 5) is 12.1. The van der Waals surface area contributed by atoms with E-state index < -0.39 is 11.6 Å². The van der Waals surface area contributed by atoms with Gasteiger partial charge in [-0.25, -0.2) is 4.79 Å². The summed E-state index contributed by atoms with van der Waals surface area (Å²) < 4.78 is 5.09. The first-order chi connectivity index (χ1) is 8.35. The van der Waals surface area contributed by atoms with Gasteiger partial charge >= 0.3 is 5.97 Å². The smallest absolute Gasteiger partial charge is 0.338 e. The van der Waals surface area contributed by atoms with Crippen LogP contribution in [0.4, 0.5) is 0 Å². The maximum absolute atomic E-state index is 12.1. The van der Waals surface area contributed by atoms with Crippen molar-refractivity contribution in [3.8, 4) is 0 Å². The Morgan fingerprint density at radius 3 is 2.61 bits per heavy atom. The van der Waals surface area contributed by atoms with E-state index in [4.69, 9.17) is 4.74 Å². The fourth-order valence-electron chi connectivity index (χ4n) is 3.22. The Morgan fingerprint density at radius 2 is 2.11 bits per heavy atom. The zero-order valence-electron chi connectivity index (χ0n) is 12.3. The minimum Gasteiger partial charge on any atom is -0.464 e. The monoisotopic (exact) mass is 256 g/mol. The minimum absolute atomic E-state index is 0.0419. The largest absolute Gasteiger partial charge is 0.464 e. The Hall–Kier alpha value is -0.570. The zero-order valence-corrected chi connectivity index (χ0v) is 12.3. The third kappa shape index (κ3) is 3.47. The molecule has 1 N–H and O–H groups in total. The lowest BCUT2D eigenvalue weighted by atomic mass is 9.65. The molecule has 0 aromatic carbocycles. The summed E-state index contributed by atoms with van der Waals surface area (Å²) in [6.45, 7) is 8.56. The quantitative estimate of drug-likeness (QED) is 0.768. The van der Waals surface area contributed by atoms with E-state index in [0.29, 0.717) is 13.0 Å². The summed E-state index contributed by atoms with van der Waals surface area (Å²) in [7, 11) is 0. The van der Waals surface area contributed by atoms with E-state index in [0.717, 1.165) is 25.7 Å². The van der Waals surface area contributed by atoms with Gasteiger partial charge in [0.1, 0.15) is 0 Å². The van der Waals surface area contributed by atoms with Crippen LogP contribution in [0, 0.1) is 11.3 Å². The molecule has 3 nitrogen and oxygen atoms in total. The number of hydrogen-bond donors (Lipinski definition) is 1. The van der Waals surface area contributed by atoms with Gasteiger partial charge in [0, 0.05) is 0 Å². The fraction of sp³-hybridized carbons (Fsp3) is 0.933. The Labute approximate surface area is 111 Å². The topological polar surface area (TPSA) is 46.5 Å². The lowest BCUT2D eigenvalue weighted by molar-refractivity contribution is -0.176. The van der Waals surface area contributed by atoms with Crippen molar-refractivity contribution < 1.29 is 14.6 Å². The Kier molecular flexibility index (Phi) is 5.20. The average molecular weight is 256 g/mol. The van der Waals surface area contributed by atoms with Gasteiger partial charge in [0.25, 0.3) is 0 Å². The highest BCUT2D eigenvalue weighted by Crippen LogP contribution is 2.44. The zero-order chi connectivity index (χ0) is 13.8. The van der Waals surface area contributed by atoms with Gasteiger partial charge in [-0.15, -0.1) is 0 Å². The van der Waals surface area contributed by atoms with Crippen LogP contribution in [0.2, 0.25) is 0 Å². The molecule has 1 saturated carbocycles. The number of aliphatic hydroxyl groups is 1. The molecule has 0 bridgehead atoms. The molecule has 0 spiro atoms. The van der Waals surface area contributed by atoms with Crippen LogP contribution in [0.5, 0.6) is 0 Å². The molecule has 0 radical (unpaired) electrons. The summed E-state index contributed by atoms with van der Waals surface area (Å²) in [5.74, 6) is -0.380. The Morgan fingerprint density at radius 1 is 1.44 bits per heavy atom. The van der Waals surface area contributed by atoms with Crippen LogP contribution in [-0.4, -0.2) is 23.3 Å². The molecule has 106 valence electrons. The molecule has 0 amide bonds. The van der Waals surface area contributed by atoms with Crippen LogP contribution in [0.15, 0.2) is 0 Å². The molecular formula is C15H28O3. The van der Waals surface area contributed by atoms with Gasteiger partial charge in [-0.05, 0) is 43.9 Å². The van der Waals surface area contributed by atoms with Crippen LogP contribution in [0.3, 0.4) is 0 Å². The minimum atomic E-state index is -1.28. The highest BCUT2D eigenvalue weighted by Gasteiger charge is 2.47. The highest BCUT2D eigenvalue weighted by molar-refractivity contribution is 5.79. The first-order valence-corrected chi connectivity index (χ1v) is 7.25. The molecule has 18 heavy (non-hydrogen) atoms. The maximum atomic E-state index is 12.1. The number of carbonyl (C=O) groups excluding carboxylic acids is 1. The van der Waals surface area contributed by atoms with Gasteiger partial charge < -0.3 is 9.84 Å². The summed E-state index contributed by atoms with van der Waals surface area (Å²) in [6.07, 6.45) is 5.40. The number of carbonyl (C=O) groups is 1. The molecule has 0 aromatic rings. The normalized spacial score (nSPS) is 26.4. The number of hydrogen-bond acceptors (Lipinski definition) is 3. The molecule has 0 saturated heterocycles. The van der Waals surface area contributed by atoms with E-state index in [1.54, 1.807) is 6.92 Å². The van der Waals surface area contributed by atoms with Gasteiger partial charge in [-0.3, -0.25) is 0 Å². The van der Waals surface area contributed by atoms with Crippen LogP contribution in [0.1, 0.15) is 66.2 Å². The molecule has 2 unspecified atom stereocenters. The predicted octanol–water partition coefficient (Wildman–Crippen LogP) is 3.30. The standard InChI is InChI=1S/C15H28O3/c1-5-9-15(17,13(16)18-6-2)12-8-7-10-14(3,4)11-12/h12,17H,5-11H2,1-4H3. The molecule has 0 aromatic heterocycles. The predicted molar refractivity (Wildman–Crippen MR) is 72.2 cm³/mol. The second kappa shape index (κ2) is 6.05. The summed E-state index contributed by atoms with van der Waals surface area (Å²) in [5, 5.41) is 10.8. The number of esters is 1. The van der Waals surface area contributed by atoms with Crippen molar-refractivity contribution in [1.29, 1.82) is 0 Å². The van der Waals surface area contributed by atoms with Gasteiger partial charge in [0.15, 0.2) is 5.60 Å². The fourth-order valence-corrected chi connectivity index (χ4v) is 3.22. The van der Waals surface area contributed by atoms with E-state index in [1.807, 2.05) is 6.92 Å². The van der Waals surface area contributed by atoms with Gasteiger partial charge in [0.05, 0.1) is 6.61 Å². The van der Waals surface area contributed by atoms with E-state index in [2.05, 4.69) is 13.8 Å². The van der Waals surface area contributed by atoms with Crippen molar-refractivity contribution in [2.45, 2.75) is 71.8 Å². The van der Waals surface area contributed by atoms with Gasteiger partial charge in [0.2, 0.25) is 0 Å². The molecular weight excluding hydrogens is 228 g/mol. The van der Waals surface area contributed by atoms with Crippen molar-refractivity contribution in [2.24, 2.45) is 11.3 Å². The molecule has 1 aliphatic rings. The van der Waals surface area contributed by atoms with E-state index in [9.17, 15) is 9.90 Å². The van der Waals surface area contributed by atoms with E-state index in [1.165, 1.54) is 6.42 Å². The average Bonchev–Trinajstić information content (AvgIpc) is 2.28. The lowest BCUT2D eigenvalue weighted by Gasteiger charge is -2.42. The molecule has 1 aliphatic carbocycles. The van der Waals surface area contributed by atoms with Crippen LogP contribution in [0.25, 0.3) is 0 Å². The van der Waals surface area contributed by atoms with Crippen LogP contribution < -0.4 is 0 Å². The van der Waals surface area contributed by atoms with Crippen molar-refractivity contribution >= 4 is 5.97 Å². The molecule has 0 heterocycles. The van der Waals surface area contributed by atoms with Crippen LogP contribution >= 0.6 is 0 Å². The third-order valence-corrected chi connectivity index (χ3v) is 4.14. The van der Waals surface area contributed by atoms with Crippen molar-refractivity contribution in [3.05, 3.63) is 0 Å². The number of rotatable bonds is 5. The highest BCUT2D eigenvalue weighted by atomic mass is 16.5. The molecule has 1 rings (SSSR count). The summed E-state index contributed by atoms with van der Waals surface area (Å²) in [6, 6.07) is 0. The van der Waals surface area contributed by atoms with Gasteiger partial charge in [-0.1, -0.05) is 33.6 Å². The number of ether oxygens (including phenoxy) is 1. The summed E-state index contributed by atoms with van der Waals surface area (Å²) >= 11 is 0. The summed E-state index contributed by atoms with van der Waals surface area (Å²) in [5.41, 5.74) is -1.06. The SMILES string of the molecule is CCCC(O)(C(=O)OCC)C1CCCC(C)(C)C1. The van der Waals surface area contributed by atoms with E-state index in [-0.39, 0.29) is 11.3 Å². The second-order valence-electron chi connectivity index (χ2n) is 6.35. The molecule has 0 aliphatic heterocycles. The molecule has 1 fully saturated rings. The lowest BCUT2D eigenvalue weighted by Crippen LogP contribution is -2.49. The Bertz CT molecular complexity index is 285. The molecule has 2 atom stereocenters. The van der Waals surface area contributed by atoms with Crippen molar-refractivity contribution in [2.75, 3.05) is 6.61 Å². The van der Waals surface area contributed by atoms with E-state index >= 15 is 0 Å². The second-order valence-corrected chi connectivity index (χ2v) is 6.35. The molecule has 3 heteroatoms.